The molecule has 3 nitrogen and oxygen atoms in total. The molecule has 5 heteroatoms. The Morgan fingerprint density at radius 3 is 2.76 bits per heavy atom. The third-order valence-corrected chi connectivity index (χ3v) is 4.54. The first-order valence-electron chi connectivity index (χ1n) is 5.75. The molecule has 0 saturated carbocycles. The number of thiophene rings is 1. The van der Waals surface area contributed by atoms with E-state index >= 15 is 0 Å². The highest BCUT2D eigenvalue weighted by atomic mass is 79.9. The predicted molar refractivity (Wildman–Crippen MR) is 74.4 cm³/mol. The van der Waals surface area contributed by atoms with Gasteiger partial charge in [-0.25, -0.2) is 0 Å². The lowest BCUT2D eigenvalue weighted by Gasteiger charge is -2.18. The van der Waals surface area contributed by atoms with E-state index in [1.165, 1.54) is 0 Å². The lowest BCUT2D eigenvalue weighted by atomic mass is 10.1. The van der Waals surface area contributed by atoms with Crippen LogP contribution in [0.15, 0.2) is 15.9 Å². The first-order chi connectivity index (χ1) is 8.08. The second kappa shape index (κ2) is 7.13. The van der Waals surface area contributed by atoms with Gasteiger partial charge in [0.15, 0.2) is 0 Å². The molecule has 0 fully saturated rings. The topological polar surface area (TPSA) is 49.3 Å². The van der Waals surface area contributed by atoms with Crippen molar-refractivity contribution < 1.29 is 9.90 Å². The van der Waals surface area contributed by atoms with Crippen LogP contribution in [-0.2, 0) is 4.79 Å². The molecule has 0 saturated heterocycles. The molecule has 2 unspecified atom stereocenters. The SMILES string of the molecule is CCC(CCO)NC(=O)C(C)c1ccc(Br)s1. The fraction of sp³-hybridized carbons (Fsp3) is 0.583. The van der Waals surface area contributed by atoms with Crippen LogP contribution in [0.4, 0.5) is 0 Å². The Morgan fingerprint density at radius 1 is 1.59 bits per heavy atom. The Balaban J connectivity index is 2.57. The minimum atomic E-state index is -0.140. The summed E-state index contributed by atoms with van der Waals surface area (Å²) in [4.78, 5) is 13.0. The van der Waals surface area contributed by atoms with Gasteiger partial charge in [-0.15, -0.1) is 11.3 Å². The Labute approximate surface area is 114 Å². The van der Waals surface area contributed by atoms with E-state index in [0.717, 1.165) is 15.1 Å². The predicted octanol–water partition coefficient (Wildman–Crippen LogP) is 2.89. The van der Waals surface area contributed by atoms with E-state index < -0.39 is 0 Å². The number of rotatable bonds is 6. The number of aliphatic hydroxyl groups is 1. The molecule has 0 bridgehead atoms. The molecule has 1 rings (SSSR count). The van der Waals surface area contributed by atoms with Gasteiger partial charge < -0.3 is 10.4 Å². The molecule has 0 radical (unpaired) electrons. The molecule has 96 valence electrons. The van der Waals surface area contributed by atoms with Crippen molar-refractivity contribution in [3.05, 3.63) is 20.8 Å². The summed E-state index contributed by atoms with van der Waals surface area (Å²) in [5.74, 6) is -0.112. The third-order valence-electron chi connectivity index (χ3n) is 2.73. The summed E-state index contributed by atoms with van der Waals surface area (Å²) in [6, 6.07) is 3.99. The maximum Gasteiger partial charge on any atom is 0.228 e. The molecule has 0 spiro atoms. The Bertz CT molecular complexity index is 367. The first-order valence-corrected chi connectivity index (χ1v) is 7.35. The zero-order chi connectivity index (χ0) is 12.8. The average Bonchev–Trinajstić information content (AvgIpc) is 2.74. The molecule has 1 amide bonds. The smallest absolute Gasteiger partial charge is 0.228 e. The van der Waals surface area contributed by atoms with Crippen molar-refractivity contribution in [3.8, 4) is 0 Å². The van der Waals surface area contributed by atoms with E-state index in [-0.39, 0.29) is 24.5 Å². The number of carbonyl (C=O) groups is 1. The molecule has 0 aliphatic carbocycles. The van der Waals surface area contributed by atoms with Crippen molar-refractivity contribution in [1.82, 2.24) is 5.32 Å². The summed E-state index contributed by atoms with van der Waals surface area (Å²) < 4.78 is 1.04. The number of hydrogen-bond acceptors (Lipinski definition) is 3. The molecule has 1 aromatic rings. The van der Waals surface area contributed by atoms with Gasteiger partial charge >= 0.3 is 0 Å². The van der Waals surface area contributed by atoms with E-state index in [9.17, 15) is 4.79 Å². The van der Waals surface area contributed by atoms with Crippen LogP contribution in [0.25, 0.3) is 0 Å². The van der Waals surface area contributed by atoms with Gasteiger partial charge in [0, 0.05) is 17.5 Å². The fourth-order valence-corrected chi connectivity index (χ4v) is 3.02. The number of halogens is 1. The van der Waals surface area contributed by atoms with Gasteiger partial charge in [-0.1, -0.05) is 6.92 Å². The van der Waals surface area contributed by atoms with Crippen LogP contribution >= 0.6 is 27.3 Å². The Morgan fingerprint density at radius 2 is 2.29 bits per heavy atom. The van der Waals surface area contributed by atoms with E-state index in [0.29, 0.717) is 6.42 Å². The molecule has 0 aliphatic heterocycles. The summed E-state index contributed by atoms with van der Waals surface area (Å²) in [6.07, 6.45) is 1.45. The van der Waals surface area contributed by atoms with Crippen molar-refractivity contribution >= 4 is 33.2 Å². The summed E-state index contributed by atoms with van der Waals surface area (Å²) >= 11 is 4.97. The van der Waals surface area contributed by atoms with Gasteiger partial charge in [-0.2, -0.15) is 0 Å². The van der Waals surface area contributed by atoms with E-state index in [4.69, 9.17) is 5.11 Å². The number of amides is 1. The number of aliphatic hydroxyl groups excluding tert-OH is 1. The highest BCUT2D eigenvalue weighted by molar-refractivity contribution is 9.11. The van der Waals surface area contributed by atoms with E-state index in [1.807, 2.05) is 26.0 Å². The van der Waals surface area contributed by atoms with Crippen LogP contribution in [0.3, 0.4) is 0 Å². The van der Waals surface area contributed by atoms with Gasteiger partial charge in [0.1, 0.15) is 0 Å². The van der Waals surface area contributed by atoms with Gasteiger partial charge in [-0.05, 0) is 47.8 Å². The molecule has 2 N–H and O–H groups in total. The largest absolute Gasteiger partial charge is 0.396 e. The van der Waals surface area contributed by atoms with Crippen molar-refractivity contribution in [3.63, 3.8) is 0 Å². The normalized spacial score (nSPS) is 14.4. The number of carbonyl (C=O) groups excluding carboxylic acids is 1. The monoisotopic (exact) mass is 319 g/mol. The quantitative estimate of drug-likeness (QED) is 0.847. The summed E-state index contributed by atoms with van der Waals surface area (Å²) in [5, 5.41) is 11.9. The molecule has 1 aromatic heterocycles. The highest BCUT2D eigenvalue weighted by Crippen LogP contribution is 2.28. The lowest BCUT2D eigenvalue weighted by molar-refractivity contribution is -0.123. The van der Waals surface area contributed by atoms with Crippen LogP contribution in [-0.4, -0.2) is 23.7 Å². The Kier molecular flexibility index (Phi) is 6.16. The zero-order valence-electron chi connectivity index (χ0n) is 10.1. The van der Waals surface area contributed by atoms with Gasteiger partial charge in [-0.3, -0.25) is 4.79 Å². The molecule has 1 heterocycles. The maximum absolute atomic E-state index is 12.0. The van der Waals surface area contributed by atoms with Crippen LogP contribution in [0, 0.1) is 0 Å². The maximum atomic E-state index is 12.0. The molecule has 2 atom stereocenters. The minimum Gasteiger partial charge on any atom is -0.396 e. The molecular formula is C12H18BrNO2S. The van der Waals surface area contributed by atoms with E-state index in [2.05, 4.69) is 21.2 Å². The Hall–Kier alpha value is -0.390. The van der Waals surface area contributed by atoms with Crippen LogP contribution in [0.1, 0.15) is 37.5 Å². The van der Waals surface area contributed by atoms with Gasteiger partial charge in [0.05, 0.1) is 9.70 Å². The first kappa shape index (κ1) is 14.7. The van der Waals surface area contributed by atoms with Crippen molar-refractivity contribution in [2.45, 2.75) is 38.6 Å². The summed E-state index contributed by atoms with van der Waals surface area (Å²) in [5.41, 5.74) is 0. The van der Waals surface area contributed by atoms with Crippen molar-refractivity contribution in [2.75, 3.05) is 6.61 Å². The highest BCUT2D eigenvalue weighted by Gasteiger charge is 2.19. The number of nitrogens with one attached hydrogen (secondary N) is 1. The summed E-state index contributed by atoms with van der Waals surface area (Å²) in [6.45, 7) is 4.02. The number of hydrogen-bond donors (Lipinski definition) is 2. The minimum absolute atomic E-state index is 0.0275. The molecule has 0 aliphatic rings. The fourth-order valence-electron chi connectivity index (χ4n) is 1.55. The van der Waals surface area contributed by atoms with Crippen LogP contribution < -0.4 is 5.32 Å². The second-order valence-corrected chi connectivity index (χ2v) is 6.48. The zero-order valence-corrected chi connectivity index (χ0v) is 12.5. The third kappa shape index (κ3) is 4.41. The van der Waals surface area contributed by atoms with Crippen molar-refractivity contribution in [2.24, 2.45) is 0 Å². The average molecular weight is 320 g/mol. The molecule has 0 aromatic carbocycles. The molecular weight excluding hydrogens is 302 g/mol. The van der Waals surface area contributed by atoms with Crippen molar-refractivity contribution in [1.29, 1.82) is 0 Å². The van der Waals surface area contributed by atoms with E-state index in [1.54, 1.807) is 11.3 Å². The summed E-state index contributed by atoms with van der Waals surface area (Å²) in [7, 11) is 0. The standard InChI is InChI=1S/C12H18BrNO2S/c1-3-9(6-7-15)14-12(16)8(2)10-4-5-11(13)17-10/h4-5,8-9,15H,3,6-7H2,1-2H3,(H,14,16). The van der Waals surface area contributed by atoms with Crippen LogP contribution in [0.5, 0.6) is 0 Å². The second-order valence-electron chi connectivity index (χ2n) is 3.99. The van der Waals surface area contributed by atoms with Gasteiger partial charge in [0.25, 0.3) is 0 Å². The molecule has 17 heavy (non-hydrogen) atoms. The van der Waals surface area contributed by atoms with Crippen LogP contribution in [0.2, 0.25) is 0 Å². The lowest BCUT2D eigenvalue weighted by Crippen LogP contribution is -2.37. The van der Waals surface area contributed by atoms with Gasteiger partial charge in [0.2, 0.25) is 5.91 Å².